The number of esters is 1. The molecule has 4 nitrogen and oxygen atoms in total. The molecule has 19 heavy (non-hydrogen) atoms. The van der Waals surface area contributed by atoms with E-state index in [1.165, 1.54) is 12.1 Å². The minimum Gasteiger partial charge on any atom is -0.464 e. The van der Waals surface area contributed by atoms with Crippen molar-refractivity contribution in [2.24, 2.45) is 0 Å². The van der Waals surface area contributed by atoms with Crippen LogP contribution in [0.25, 0.3) is 0 Å². The third kappa shape index (κ3) is 2.41. The van der Waals surface area contributed by atoms with Crippen LogP contribution >= 0.6 is 0 Å². The van der Waals surface area contributed by atoms with Crippen molar-refractivity contribution in [3.63, 3.8) is 0 Å². The summed E-state index contributed by atoms with van der Waals surface area (Å²) in [6.45, 7) is 5.71. The monoisotopic (exact) mass is 264 g/mol. The van der Waals surface area contributed by atoms with E-state index in [9.17, 15) is 9.18 Å². The molecule has 1 heterocycles. The molecule has 0 spiro atoms. The van der Waals surface area contributed by atoms with E-state index in [4.69, 9.17) is 4.74 Å². The fourth-order valence-electron chi connectivity index (χ4n) is 2.16. The molecule has 0 bridgehead atoms. The SMILES string of the molecule is CCOC(=O)C1(C)C=C(C)NN1c1ccc(F)cc1. The Kier molecular flexibility index (Phi) is 3.46. The predicted octanol–water partition coefficient (Wildman–Crippen LogP) is 2.38. The summed E-state index contributed by atoms with van der Waals surface area (Å²) >= 11 is 0. The number of hydrogen-bond acceptors (Lipinski definition) is 4. The van der Waals surface area contributed by atoms with Gasteiger partial charge in [0.2, 0.25) is 0 Å². The number of hydrogen-bond donors (Lipinski definition) is 1. The summed E-state index contributed by atoms with van der Waals surface area (Å²) in [6, 6.07) is 5.95. The topological polar surface area (TPSA) is 41.6 Å². The molecule has 1 aliphatic heterocycles. The van der Waals surface area contributed by atoms with Gasteiger partial charge < -0.3 is 10.2 Å². The zero-order valence-corrected chi connectivity index (χ0v) is 11.2. The smallest absolute Gasteiger partial charge is 0.337 e. The number of carbonyl (C=O) groups excluding carboxylic acids is 1. The fraction of sp³-hybridized carbons (Fsp3) is 0.357. The van der Waals surface area contributed by atoms with Crippen LogP contribution in [-0.2, 0) is 9.53 Å². The van der Waals surface area contributed by atoms with Gasteiger partial charge in [0.15, 0.2) is 5.54 Å². The van der Waals surface area contributed by atoms with E-state index < -0.39 is 5.54 Å². The molecule has 1 aliphatic rings. The van der Waals surface area contributed by atoms with Gasteiger partial charge in [-0.15, -0.1) is 0 Å². The van der Waals surface area contributed by atoms with Gasteiger partial charge >= 0.3 is 5.97 Å². The number of benzene rings is 1. The molecule has 0 aliphatic carbocycles. The number of nitrogens with one attached hydrogen (secondary N) is 1. The molecule has 1 unspecified atom stereocenters. The van der Waals surface area contributed by atoms with Gasteiger partial charge in [-0.25, -0.2) is 9.18 Å². The third-order valence-corrected chi connectivity index (χ3v) is 3.02. The zero-order valence-electron chi connectivity index (χ0n) is 11.2. The second-order valence-electron chi connectivity index (χ2n) is 4.62. The van der Waals surface area contributed by atoms with Gasteiger partial charge in [-0.1, -0.05) is 0 Å². The van der Waals surface area contributed by atoms with Gasteiger partial charge in [-0.2, -0.15) is 0 Å². The van der Waals surface area contributed by atoms with Crippen molar-refractivity contribution >= 4 is 11.7 Å². The van der Waals surface area contributed by atoms with Crippen LogP contribution < -0.4 is 10.4 Å². The first-order valence-electron chi connectivity index (χ1n) is 6.16. The minimum atomic E-state index is -0.933. The van der Waals surface area contributed by atoms with Gasteiger partial charge in [-0.3, -0.25) is 5.01 Å². The summed E-state index contributed by atoms with van der Waals surface area (Å²) in [7, 11) is 0. The molecule has 0 saturated heterocycles. The van der Waals surface area contributed by atoms with Gasteiger partial charge in [0, 0.05) is 5.70 Å². The van der Waals surface area contributed by atoms with Crippen LogP contribution in [0.15, 0.2) is 36.0 Å². The number of ether oxygens (including phenoxy) is 1. The van der Waals surface area contributed by atoms with Crippen molar-refractivity contribution in [3.05, 3.63) is 41.9 Å². The second kappa shape index (κ2) is 4.91. The average molecular weight is 264 g/mol. The van der Waals surface area contributed by atoms with Crippen LogP contribution in [0, 0.1) is 5.82 Å². The lowest BCUT2D eigenvalue weighted by Gasteiger charge is -2.33. The molecule has 102 valence electrons. The first-order chi connectivity index (χ1) is 8.97. The molecule has 0 saturated carbocycles. The molecule has 0 amide bonds. The molecule has 2 rings (SSSR count). The van der Waals surface area contributed by atoms with E-state index in [2.05, 4.69) is 5.43 Å². The number of rotatable bonds is 3. The molecular weight excluding hydrogens is 247 g/mol. The Bertz CT molecular complexity index is 513. The van der Waals surface area contributed by atoms with Crippen molar-refractivity contribution in [2.45, 2.75) is 26.3 Å². The van der Waals surface area contributed by atoms with Crippen LogP contribution in [0.4, 0.5) is 10.1 Å². The maximum absolute atomic E-state index is 13.0. The Labute approximate surface area is 111 Å². The molecular formula is C14H17FN2O2. The summed E-state index contributed by atoms with van der Waals surface area (Å²) in [4.78, 5) is 12.1. The number of allylic oxidation sites excluding steroid dienone is 1. The second-order valence-corrected chi connectivity index (χ2v) is 4.62. The third-order valence-electron chi connectivity index (χ3n) is 3.02. The first-order valence-corrected chi connectivity index (χ1v) is 6.16. The summed E-state index contributed by atoms with van der Waals surface area (Å²) < 4.78 is 18.1. The van der Waals surface area contributed by atoms with Crippen LogP contribution in [0.2, 0.25) is 0 Å². The predicted molar refractivity (Wildman–Crippen MR) is 70.8 cm³/mol. The highest BCUT2D eigenvalue weighted by atomic mass is 19.1. The lowest BCUT2D eigenvalue weighted by atomic mass is 10.0. The maximum Gasteiger partial charge on any atom is 0.337 e. The van der Waals surface area contributed by atoms with Crippen LogP contribution in [0.5, 0.6) is 0 Å². The number of carbonyl (C=O) groups is 1. The zero-order chi connectivity index (χ0) is 14.0. The van der Waals surface area contributed by atoms with Crippen LogP contribution in [0.3, 0.4) is 0 Å². The van der Waals surface area contributed by atoms with Crippen molar-refractivity contribution in [3.8, 4) is 0 Å². The Morgan fingerprint density at radius 3 is 2.63 bits per heavy atom. The quantitative estimate of drug-likeness (QED) is 0.851. The van der Waals surface area contributed by atoms with E-state index in [0.29, 0.717) is 12.3 Å². The standard InChI is InChI=1S/C14H17FN2O2/c1-4-19-13(18)14(3)9-10(2)16-17(14)12-7-5-11(15)6-8-12/h5-9,16H,4H2,1-3H3. The highest BCUT2D eigenvalue weighted by molar-refractivity contribution is 5.88. The summed E-state index contributed by atoms with van der Waals surface area (Å²) in [5.74, 6) is -0.658. The number of nitrogens with zero attached hydrogens (tertiary/aromatic N) is 1. The van der Waals surface area contributed by atoms with Gasteiger partial charge in [0.25, 0.3) is 0 Å². The summed E-state index contributed by atoms with van der Waals surface area (Å²) in [5.41, 5.74) is 3.70. The molecule has 0 fully saturated rings. The van der Waals surface area contributed by atoms with Crippen molar-refractivity contribution in [1.29, 1.82) is 0 Å². The molecule has 1 atom stereocenters. The van der Waals surface area contributed by atoms with E-state index in [1.54, 1.807) is 37.1 Å². The lowest BCUT2D eigenvalue weighted by Crippen LogP contribution is -2.53. The Balaban J connectivity index is 2.34. The number of anilines is 1. The Morgan fingerprint density at radius 2 is 2.05 bits per heavy atom. The number of halogens is 1. The molecule has 0 aromatic heterocycles. The van der Waals surface area contributed by atoms with Gasteiger partial charge in [0.1, 0.15) is 5.82 Å². The summed E-state index contributed by atoms with van der Waals surface area (Å²) in [5, 5.41) is 1.68. The van der Waals surface area contributed by atoms with E-state index in [1.807, 2.05) is 6.92 Å². The fourth-order valence-corrected chi connectivity index (χ4v) is 2.16. The normalized spacial score (nSPS) is 21.9. The first kappa shape index (κ1) is 13.4. The lowest BCUT2D eigenvalue weighted by molar-refractivity contribution is -0.147. The van der Waals surface area contributed by atoms with Gasteiger partial charge in [0.05, 0.1) is 12.3 Å². The molecule has 1 aromatic carbocycles. The highest BCUT2D eigenvalue weighted by Gasteiger charge is 2.43. The maximum atomic E-state index is 13.0. The van der Waals surface area contributed by atoms with Crippen molar-refractivity contribution in [1.82, 2.24) is 5.43 Å². The molecule has 1 N–H and O–H groups in total. The van der Waals surface area contributed by atoms with E-state index in [-0.39, 0.29) is 11.8 Å². The highest BCUT2D eigenvalue weighted by Crippen LogP contribution is 2.30. The number of hydrazine groups is 1. The van der Waals surface area contributed by atoms with E-state index >= 15 is 0 Å². The minimum absolute atomic E-state index is 0.314. The molecule has 0 radical (unpaired) electrons. The van der Waals surface area contributed by atoms with Gasteiger partial charge in [-0.05, 0) is 51.1 Å². The molecule has 1 aromatic rings. The van der Waals surface area contributed by atoms with Crippen LogP contribution in [0.1, 0.15) is 20.8 Å². The average Bonchev–Trinajstić information content (AvgIpc) is 2.67. The van der Waals surface area contributed by atoms with Crippen molar-refractivity contribution in [2.75, 3.05) is 11.6 Å². The molecule has 5 heteroatoms. The Hall–Kier alpha value is -2.04. The largest absolute Gasteiger partial charge is 0.464 e. The Morgan fingerprint density at radius 1 is 1.42 bits per heavy atom. The van der Waals surface area contributed by atoms with E-state index in [0.717, 1.165) is 5.70 Å². The summed E-state index contributed by atoms with van der Waals surface area (Å²) in [6.07, 6.45) is 1.80. The van der Waals surface area contributed by atoms with Crippen LogP contribution in [-0.4, -0.2) is 18.1 Å². The van der Waals surface area contributed by atoms with Crippen molar-refractivity contribution < 1.29 is 13.9 Å².